The standard InChI is InChI=1S/C48H36S/c1-48(2,3)36-29-41(47-43(30-36)37-21-12-13-24-44(37)49-47)35-20-14-19-33(27-35)34-25-26-40-42(28-34)46(32-17-8-5-9-18-32)39-23-11-10-22-38(39)45(40)31-15-6-4-7-16-31/h4-30H,1-3H3. The summed E-state index contributed by atoms with van der Waals surface area (Å²) in [4.78, 5) is 0. The molecule has 0 saturated carbocycles. The predicted molar refractivity (Wildman–Crippen MR) is 215 cm³/mol. The molecule has 1 heterocycles. The Kier molecular flexibility index (Phi) is 7.00. The Morgan fingerprint density at radius 3 is 1.57 bits per heavy atom. The third-order valence-electron chi connectivity index (χ3n) is 10.0. The van der Waals surface area contributed by atoms with E-state index in [1.54, 1.807) is 0 Å². The molecule has 0 N–H and O–H groups in total. The minimum absolute atomic E-state index is 0.0367. The fourth-order valence-corrected chi connectivity index (χ4v) is 8.75. The van der Waals surface area contributed by atoms with Crippen molar-refractivity contribution in [2.45, 2.75) is 26.2 Å². The van der Waals surface area contributed by atoms with Gasteiger partial charge in [-0.05, 0) is 107 Å². The highest BCUT2D eigenvalue weighted by Crippen LogP contribution is 2.46. The fourth-order valence-electron chi connectivity index (χ4n) is 7.53. The van der Waals surface area contributed by atoms with Gasteiger partial charge in [-0.15, -0.1) is 11.3 Å². The lowest BCUT2D eigenvalue weighted by Gasteiger charge is -2.21. The molecule has 8 aromatic carbocycles. The zero-order chi connectivity index (χ0) is 33.1. The van der Waals surface area contributed by atoms with Crippen LogP contribution in [0.3, 0.4) is 0 Å². The predicted octanol–water partition coefficient (Wildman–Crippen LogP) is 14.3. The first-order valence-electron chi connectivity index (χ1n) is 17.1. The topological polar surface area (TPSA) is 0 Å². The number of fused-ring (bicyclic) bond motifs is 5. The maximum atomic E-state index is 2.43. The second-order valence-electron chi connectivity index (χ2n) is 14.1. The number of hydrogen-bond acceptors (Lipinski definition) is 1. The maximum absolute atomic E-state index is 2.43. The van der Waals surface area contributed by atoms with E-state index in [9.17, 15) is 0 Å². The molecule has 0 bridgehead atoms. The summed E-state index contributed by atoms with van der Waals surface area (Å²) >= 11 is 1.91. The minimum Gasteiger partial charge on any atom is -0.135 e. The fraction of sp³-hybridized carbons (Fsp3) is 0.0833. The van der Waals surface area contributed by atoms with Crippen LogP contribution in [0, 0.1) is 0 Å². The van der Waals surface area contributed by atoms with Gasteiger partial charge in [0.2, 0.25) is 0 Å². The molecule has 0 amide bonds. The third kappa shape index (κ3) is 5.05. The van der Waals surface area contributed by atoms with Gasteiger partial charge in [0.25, 0.3) is 0 Å². The first-order chi connectivity index (χ1) is 23.9. The van der Waals surface area contributed by atoms with E-state index in [4.69, 9.17) is 0 Å². The summed E-state index contributed by atoms with van der Waals surface area (Å²) in [5.74, 6) is 0. The van der Waals surface area contributed by atoms with Crippen molar-refractivity contribution in [2.75, 3.05) is 0 Å². The van der Waals surface area contributed by atoms with Gasteiger partial charge >= 0.3 is 0 Å². The summed E-state index contributed by atoms with van der Waals surface area (Å²) in [6, 6.07) is 60.6. The third-order valence-corrected chi connectivity index (χ3v) is 11.2. The summed E-state index contributed by atoms with van der Waals surface area (Å²) in [6.45, 7) is 6.95. The lowest BCUT2D eigenvalue weighted by molar-refractivity contribution is 0.591. The van der Waals surface area contributed by atoms with Gasteiger partial charge in [0.05, 0.1) is 0 Å². The van der Waals surface area contributed by atoms with Crippen LogP contribution in [0.25, 0.3) is 86.2 Å². The smallest absolute Gasteiger partial charge is 0.0434 e. The van der Waals surface area contributed by atoms with E-state index in [2.05, 4.69) is 185 Å². The van der Waals surface area contributed by atoms with E-state index in [-0.39, 0.29) is 5.41 Å². The van der Waals surface area contributed by atoms with Gasteiger partial charge in [-0.2, -0.15) is 0 Å². The molecule has 0 unspecified atom stereocenters. The molecule has 0 spiro atoms. The van der Waals surface area contributed by atoms with Crippen molar-refractivity contribution >= 4 is 53.1 Å². The van der Waals surface area contributed by atoms with Gasteiger partial charge in [0.15, 0.2) is 0 Å². The second-order valence-corrected chi connectivity index (χ2v) is 15.2. The Balaban J connectivity index is 1.30. The Morgan fingerprint density at radius 1 is 0.367 bits per heavy atom. The Bertz CT molecular complexity index is 2670. The highest BCUT2D eigenvalue weighted by molar-refractivity contribution is 7.26. The largest absolute Gasteiger partial charge is 0.135 e. The Labute approximate surface area is 291 Å². The van der Waals surface area contributed by atoms with E-state index in [0.717, 1.165) is 0 Å². The van der Waals surface area contributed by atoms with Crippen molar-refractivity contribution in [1.82, 2.24) is 0 Å². The number of benzene rings is 8. The van der Waals surface area contributed by atoms with E-state index in [1.165, 1.54) is 91.8 Å². The molecule has 0 atom stereocenters. The molecule has 0 aliphatic heterocycles. The summed E-state index contributed by atoms with van der Waals surface area (Å²) in [7, 11) is 0. The summed E-state index contributed by atoms with van der Waals surface area (Å²) < 4.78 is 2.69. The lowest BCUT2D eigenvalue weighted by atomic mass is 9.83. The van der Waals surface area contributed by atoms with E-state index < -0.39 is 0 Å². The monoisotopic (exact) mass is 644 g/mol. The van der Waals surface area contributed by atoms with Crippen molar-refractivity contribution < 1.29 is 0 Å². The first kappa shape index (κ1) is 29.6. The van der Waals surface area contributed by atoms with Gasteiger partial charge in [-0.1, -0.05) is 154 Å². The Morgan fingerprint density at radius 2 is 0.898 bits per heavy atom. The summed E-state index contributed by atoms with van der Waals surface area (Å²) in [6.07, 6.45) is 0. The van der Waals surface area contributed by atoms with Gasteiger partial charge in [-0.3, -0.25) is 0 Å². The second kappa shape index (κ2) is 11.6. The molecule has 0 aliphatic rings. The van der Waals surface area contributed by atoms with Crippen molar-refractivity contribution in [3.05, 3.63) is 169 Å². The molecule has 9 aromatic rings. The number of rotatable bonds is 4. The maximum Gasteiger partial charge on any atom is 0.0434 e. The van der Waals surface area contributed by atoms with Gasteiger partial charge in [0.1, 0.15) is 0 Å². The molecule has 1 aromatic heterocycles. The van der Waals surface area contributed by atoms with Gasteiger partial charge in [-0.25, -0.2) is 0 Å². The van der Waals surface area contributed by atoms with Crippen LogP contribution in [0.15, 0.2) is 164 Å². The van der Waals surface area contributed by atoms with Crippen LogP contribution >= 0.6 is 11.3 Å². The van der Waals surface area contributed by atoms with Crippen LogP contribution in [0.4, 0.5) is 0 Å². The summed E-state index contributed by atoms with van der Waals surface area (Å²) in [5, 5.41) is 7.79. The SMILES string of the molecule is CC(C)(C)c1cc(-c2cccc(-c3ccc4c(-c5ccccc5)c5ccccc5c(-c5ccccc5)c4c3)c2)c2sc3ccccc3c2c1. The molecular weight excluding hydrogens is 609 g/mol. The van der Waals surface area contributed by atoms with Crippen molar-refractivity contribution in [3.8, 4) is 44.5 Å². The quantitative estimate of drug-likeness (QED) is 0.167. The van der Waals surface area contributed by atoms with Gasteiger partial charge in [0, 0.05) is 20.2 Å². The minimum atomic E-state index is 0.0367. The molecule has 0 radical (unpaired) electrons. The molecule has 0 fully saturated rings. The van der Waals surface area contributed by atoms with Crippen molar-refractivity contribution in [1.29, 1.82) is 0 Å². The average molecular weight is 645 g/mol. The van der Waals surface area contributed by atoms with Crippen LogP contribution in [0.5, 0.6) is 0 Å². The van der Waals surface area contributed by atoms with E-state index in [0.29, 0.717) is 0 Å². The van der Waals surface area contributed by atoms with Crippen LogP contribution < -0.4 is 0 Å². The average Bonchev–Trinajstić information content (AvgIpc) is 3.52. The molecule has 49 heavy (non-hydrogen) atoms. The molecule has 234 valence electrons. The lowest BCUT2D eigenvalue weighted by Crippen LogP contribution is -2.10. The van der Waals surface area contributed by atoms with Gasteiger partial charge < -0.3 is 0 Å². The van der Waals surface area contributed by atoms with Crippen LogP contribution in [-0.2, 0) is 5.41 Å². The number of thiophene rings is 1. The first-order valence-corrected chi connectivity index (χ1v) is 17.9. The number of hydrogen-bond donors (Lipinski definition) is 0. The van der Waals surface area contributed by atoms with Crippen LogP contribution in [-0.4, -0.2) is 0 Å². The van der Waals surface area contributed by atoms with Crippen molar-refractivity contribution in [3.63, 3.8) is 0 Å². The zero-order valence-electron chi connectivity index (χ0n) is 28.0. The van der Waals surface area contributed by atoms with E-state index >= 15 is 0 Å². The Hall–Kier alpha value is -5.50. The summed E-state index contributed by atoms with van der Waals surface area (Å²) in [5.41, 5.74) is 11.5. The molecule has 0 nitrogen and oxygen atoms in total. The zero-order valence-corrected chi connectivity index (χ0v) is 28.8. The van der Waals surface area contributed by atoms with Crippen LogP contribution in [0.1, 0.15) is 26.3 Å². The normalized spacial score (nSPS) is 12.0. The molecular formula is C48H36S. The van der Waals surface area contributed by atoms with E-state index in [1.807, 2.05) is 11.3 Å². The molecule has 1 heteroatoms. The highest BCUT2D eigenvalue weighted by Gasteiger charge is 2.21. The highest BCUT2D eigenvalue weighted by atomic mass is 32.1. The molecule has 9 rings (SSSR count). The van der Waals surface area contributed by atoms with Crippen molar-refractivity contribution in [2.24, 2.45) is 0 Å². The van der Waals surface area contributed by atoms with Crippen LogP contribution in [0.2, 0.25) is 0 Å². The molecule has 0 aliphatic carbocycles. The molecule has 0 saturated heterocycles.